The fourth-order valence-corrected chi connectivity index (χ4v) is 5.62. The van der Waals surface area contributed by atoms with Gasteiger partial charge < -0.3 is 15.0 Å². The van der Waals surface area contributed by atoms with Gasteiger partial charge in [-0.2, -0.15) is 5.26 Å². The van der Waals surface area contributed by atoms with Gasteiger partial charge in [-0.05, 0) is 19.8 Å². The monoisotopic (exact) mass is 431 g/mol. The molecule has 2 heterocycles. The number of thioether (sulfide) groups is 1. The molecular weight excluding hydrogens is 406 g/mol. The highest BCUT2D eigenvalue weighted by molar-refractivity contribution is 7.98. The molecule has 0 unspecified atom stereocenters. The Hall–Kier alpha value is -2.31. The van der Waals surface area contributed by atoms with Crippen LogP contribution in [0.25, 0.3) is 0 Å². The maximum absolute atomic E-state index is 12.3. The zero-order chi connectivity index (χ0) is 20.8. The van der Waals surface area contributed by atoms with Crippen LogP contribution in [0.5, 0.6) is 0 Å². The van der Waals surface area contributed by atoms with E-state index in [0.717, 1.165) is 35.2 Å². The molecule has 0 atom stereocenters. The average Bonchev–Trinajstić information content (AvgIpc) is 3.27. The zero-order valence-electron chi connectivity index (χ0n) is 16.5. The number of hydrogen-bond acceptors (Lipinski definition) is 8. The number of thiophene rings is 1. The van der Waals surface area contributed by atoms with E-state index in [1.165, 1.54) is 31.0 Å². The normalized spacial score (nSPS) is 14.5. The highest BCUT2D eigenvalue weighted by Gasteiger charge is 2.26. The highest BCUT2D eigenvalue weighted by Crippen LogP contribution is 2.37. The summed E-state index contributed by atoms with van der Waals surface area (Å²) in [6.45, 7) is 6.51. The van der Waals surface area contributed by atoms with Crippen LogP contribution in [0.2, 0.25) is 0 Å². The third-order valence-electron chi connectivity index (χ3n) is 4.98. The fraction of sp³-hybridized carbons (Fsp3) is 0.500. The first-order chi connectivity index (χ1) is 14.1. The maximum Gasteiger partial charge on any atom is 0.348 e. The minimum atomic E-state index is -0.447. The molecule has 0 spiro atoms. The summed E-state index contributed by atoms with van der Waals surface area (Å²) in [5, 5.41) is 19.5. The molecule has 9 heteroatoms. The van der Waals surface area contributed by atoms with E-state index in [0.29, 0.717) is 39.2 Å². The number of nitriles is 1. The van der Waals surface area contributed by atoms with Crippen molar-refractivity contribution >= 4 is 34.1 Å². The van der Waals surface area contributed by atoms with Crippen molar-refractivity contribution in [3.8, 4) is 6.07 Å². The number of aromatic nitrogens is 3. The average molecular weight is 432 g/mol. The van der Waals surface area contributed by atoms with Crippen LogP contribution >= 0.6 is 23.1 Å². The van der Waals surface area contributed by atoms with Crippen molar-refractivity contribution in [3.05, 3.63) is 34.5 Å². The molecule has 0 bridgehead atoms. The molecule has 2 aromatic rings. The number of carbonyl (C=O) groups excluding carboxylic acids is 1. The molecule has 29 heavy (non-hydrogen) atoms. The quantitative estimate of drug-likeness (QED) is 0.372. The van der Waals surface area contributed by atoms with Crippen molar-refractivity contribution in [1.29, 1.82) is 5.26 Å². The third kappa shape index (κ3) is 4.65. The van der Waals surface area contributed by atoms with Gasteiger partial charge in [-0.1, -0.05) is 37.1 Å². The van der Waals surface area contributed by atoms with Gasteiger partial charge in [0.05, 0.1) is 12.2 Å². The Kier molecular flexibility index (Phi) is 7.34. The van der Waals surface area contributed by atoms with Crippen molar-refractivity contribution in [2.75, 3.05) is 12.3 Å². The molecule has 0 saturated heterocycles. The molecule has 154 valence electrons. The number of nitrogens with two attached hydrogens (primary N) is 1. The van der Waals surface area contributed by atoms with E-state index in [9.17, 15) is 10.1 Å². The van der Waals surface area contributed by atoms with Crippen LogP contribution in [0.4, 0.5) is 5.00 Å². The van der Waals surface area contributed by atoms with Gasteiger partial charge in [0, 0.05) is 23.8 Å². The first kappa shape index (κ1) is 21.4. The van der Waals surface area contributed by atoms with Crippen molar-refractivity contribution in [1.82, 2.24) is 14.8 Å². The smallest absolute Gasteiger partial charge is 0.348 e. The van der Waals surface area contributed by atoms with Gasteiger partial charge in [0.15, 0.2) is 5.16 Å². The molecule has 1 fully saturated rings. The van der Waals surface area contributed by atoms with E-state index in [4.69, 9.17) is 10.5 Å². The minimum Gasteiger partial charge on any atom is -0.462 e. The van der Waals surface area contributed by atoms with Crippen LogP contribution in [0, 0.1) is 11.3 Å². The van der Waals surface area contributed by atoms with Gasteiger partial charge in [-0.15, -0.1) is 28.1 Å². The summed E-state index contributed by atoms with van der Waals surface area (Å²) < 4.78 is 7.23. The molecular formula is C20H25N5O2S2. The SMILES string of the molecule is C=CCn1c(SCc2c(C(=O)OCC)sc(N)c2C#N)nnc1C1CCCCC1. The first-order valence-electron chi connectivity index (χ1n) is 9.75. The Morgan fingerprint density at radius 1 is 1.45 bits per heavy atom. The molecule has 0 aliphatic heterocycles. The van der Waals surface area contributed by atoms with Crippen molar-refractivity contribution in [2.45, 2.75) is 62.4 Å². The van der Waals surface area contributed by atoms with Crippen LogP contribution in [0.1, 0.15) is 71.6 Å². The Labute approximate surface area is 179 Å². The summed E-state index contributed by atoms with van der Waals surface area (Å²) in [6, 6.07) is 2.12. The summed E-state index contributed by atoms with van der Waals surface area (Å²) in [5.41, 5.74) is 6.91. The van der Waals surface area contributed by atoms with Crippen LogP contribution in [-0.4, -0.2) is 27.3 Å². The molecule has 1 saturated carbocycles. The molecule has 3 rings (SSSR count). The zero-order valence-corrected chi connectivity index (χ0v) is 18.2. The van der Waals surface area contributed by atoms with Crippen LogP contribution in [0.3, 0.4) is 0 Å². The molecule has 1 aliphatic carbocycles. The third-order valence-corrected chi connectivity index (χ3v) is 7.01. The predicted molar refractivity (Wildman–Crippen MR) is 115 cm³/mol. The Balaban J connectivity index is 1.86. The highest BCUT2D eigenvalue weighted by atomic mass is 32.2. The summed E-state index contributed by atoms with van der Waals surface area (Å²) in [4.78, 5) is 12.7. The Bertz CT molecular complexity index is 922. The summed E-state index contributed by atoms with van der Waals surface area (Å²) in [6.07, 6.45) is 7.82. The Morgan fingerprint density at radius 2 is 2.21 bits per heavy atom. The van der Waals surface area contributed by atoms with E-state index in [2.05, 4.69) is 27.4 Å². The Morgan fingerprint density at radius 3 is 2.86 bits per heavy atom. The second-order valence-electron chi connectivity index (χ2n) is 6.84. The lowest BCUT2D eigenvalue weighted by molar-refractivity contribution is 0.0531. The molecule has 0 radical (unpaired) electrons. The van der Waals surface area contributed by atoms with Crippen LogP contribution in [-0.2, 0) is 17.0 Å². The van der Waals surface area contributed by atoms with Gasteiger partial charge in [0.1, 0.15) is 21.8 Å². The van der Waals surface area contributed by atoms with E-state index in [-0.39, 0.29) is 6.61 Å². The van der Waals surface area contributed by atoms with E-state index < -0.39 is 5.97 Å². The molecule has 0 amide bonds. The number of allylic oxidation sites excluding steroid dienone is 1. The van der Waals surface area contributed by atoms with Gasteiger partial charge in [-0.25, -0.2) is 4.79 Å². The lowest BCUT2D eigenvalue weighted by atomic mass is 9.89. The lowest BCUT2D eigenvalue weighted by Gasteiger charge is -2.21. The summed E-state index contributed by atoms with van der Waals surface area (Å²) in [5.74, 6) is 1.37. The number of esters is 1. The molecule has 1 aliphatic rings. The largest absolute Gasteiger partial charge is 0.462 e. The van der Waals surface area contributed by atoms with E-state index in [1.807, 2.05) is 6.08 Å². The van der Waals surface area contributed by atoms with Gasteiger partial charge in [-0.3, -0.25) is 0 Å². The van der Waals surface area contributed by atoms with E-state index in [1.54, 1.807) is 6.92 Å². The fourth-order valence-electron chi connectivity index (χ4n) is 3.61. The number of ether oxygens (including phenoxy) is 1. The number of nitrogens with zero attached hydrogens (tertiary/aromatic N) is 4. The lowest BCUT2D eigenvalue weighted by Crippen LogP contribution is -2.12. The minimum absolute atomic E-state index is 0.267. The topological polar surface area (TPSA) is 107 Å². The standard InChI is InChI=1S/C20H25N5O2S2/c1-3-10-25-18(13-8-6-5-7-9-13)23-24-20(25)28-12-15-14(11-21)17(22)29-16(15)19(26)27-4-2/h3,13H,1,4-10,12,22H2,2H3. The second-order valence-corrected chi connectivity index (χ2v) is 8.84. The van der Waals surface area contributed by atoms with Crippen LogP contribution in [0.15, 0.2) is 17.8 Å². The predicted octanol–water partition coefficient (Wildman–Crippen LogP) is 4.50. The number of rotatable bonds is 8. The maximum atomic E-state index is 12.3. The van der Waals surface area contributed by atoms with Gasteiger partial charge >= 0.3 is 5.97 Å². The van der Waals surface area contributed by atoms with Crippen molar-refractivity contribution in [2.24, 2.45) is 0 Å². The second kappa shape index (κ2) is 9.94. The molecule has 2 N–H and O–H groups in total. The molecule has 0 aromatic carbocycles. The number of carbonyl (C=O) groups is 1. The van der Waals surface area contributed by atoms with E-state index >= 15 is 0 Å². The van der Waals surface area contributed by atoms with Crippen LogP contribution < -0.4 is 5.73 Å². The van der Waals surface area contributed by atoms with Gasteiger partial charge in [0.2, 0.25) is 0 Å². The molecule has 7 nitrogen and oxygen atoms in total. The first-order valence-corrected chi connectivity index (χ1v) is 11.6. The summed E-state index contributed by atoms with van der Waals surface area (Å²) in [7, 11) is 0. The van der Waals surface area contributed by atoms with Gasteiger partial charge in [0.25, 0.3) is 0 Å². The molecule has 2 aromatic heterocycles. The van der Waals surface area contributed by atoms with Crippen molar-refractivity contribution in [3.63, 3.8) is 0 Å². The number of hydrogen-bond donors (Lipinski definition) is 1. The number of anilines is 1. The summed E-state index contributed by atoms with van der Waals surface area (Å²) >= 11 is 2.55. The number of nitrogen functional groups attached to an aromatic ring is 1. The van der Waals surface area contributed by atoms with Crippen molar-refractivity contribution < 1.29 is 9.53 Å².